The number of hydrogen-bond donors (Lipinski definition) is 0. The second kappa shape index (κ2) is 6.45. The number of carbonyl (C=O) groups excluding carboxylic acids is 1. The van der Waals surface area contributed by atoms with Crippen molar-refractivity contribution >= 4 is 21.8 Å². The van der Waals surface area contributed by atoms with E-state index in [9.17, 15) is 4.79 Å². The molecule has 1 heterocycles. The zero-order valence-corrected chi connectivity index (χ0v) is 17.0. The van der Waals surface area contributed by atoms with Crippen molar-refractivity contribution in [3.63, 3.8) is 0 Å². The topological polar surface area (TPSA) is 23.6 Å². The van der Waals surface area contributed by atoms with Gasteiger partial charge in [-0.05, 0) is 32.0 Å². The van der Waals surface area contributed by atoms with Gasteiger partial charge in [0.25, 0.3) is 0 Å². The molecule has 1 aromatic rings. The molecule has 1 fully saturated rings. The largest absolute Gasteiger partial charge is 0.343 e. The number of amides is 1. The fourth-order valence-electron chi connectivity index (χ4n) is 5.08. The smallest absolute Gasteiger partial charge is 0.228 e. The van der Waals surface area contributed by atoms with Gasteiger partial charge in [0, 0.05) is 41.8 Å². The standard InChI is InChI=1S/C20H29BrN2O/c1-6-23(7-2)19(24)14-12-22(5)18-16(17(14)21)13-10-8-9-11-15(13)20(18,3)4/h8-11,14,16-18H,6-7,12H2,1-5H3. The summed E-state index contributed by atoms with van der Waals surface area (Å²) in [6, 6.07) is 9.23. The Bertz CT molecular complexity index is 626. The number of likely N-dealkylation sites (N-methyl/N-ethyl adjacent to an activating group) is 1. The fourth-order valence-corrected chi connectivity index (χ4v) is 6.05. The van der Waals surface area contributed by atoms with Gasteiger partial charge in [-0.25, -0.2) is 0 Å². The van der Waals surface area contributed by atoms with Crippen LogP contribution in [0.5, 0.6) is 0 Å². The number of benzene rings is 1. The van der Waals surface area contributed by atoms with Crippen molar-refractivity contribution in [2.24, 2.45) is 5.92 Å². The first-order valence-corrected chi connectivity index (χ1v) is 9.98. The molecule has 3 rings (SSSR count). The van der Waals surface area contributed by atoms with Gasteiger partial charge in [0.1, 0.15) is 0 Å². The van der Waals surface area contributed by atoms with Gasteiger partial charge in [0.2, 0.25) is 5.91 Å². The molecule has 1 amide bonds. The van der Waals surface area contributed by atoms with Crippen molar-refractivity contribution in [3.8, 4) is 0 Å². The van der Waals surface area contributed by atoms with Gasteiger partial charge in [-0.2, -0.15) is 0 Å². The monoisotopic (exact) mass is 392 g/mol. The number of fused-ring (bicyclic) bond motifs is 3. The summed E-state index contributed by atoms with van der Waals surface area (Å²) in [7, 11) is 2.19. The lowest BCUT2D eigenvalue weighted by Gasteiger charge is -2.48. The van der Waals surface area contributed by atoms with Crippen LogP contribution in [-0.2, 0) is 10.2 Å². The summed E-state index contributed by atoms with van der Waals surface area (Å²) >= 11 is 3.96. The summed E-state index contributed by atoms with van der Waals surface area (Å²) in [6.45, 7) is 11.2. The average molecular weight is 393 g/mol. The minimum atomic E-state index is 0.0121. The van der Waals surface area contributed by atoms with E-state index >= 15 is 0 Å². The summed E-state index contributed by atoms with van der Waals surface area (Å²) in [5, 5.41) is 0. The molecule has 0 N–H and O–H groups in total. The van der Waals surface area contributed by atoms with E-state index in [4.69, 9.17) is 0 Å². The molecular formula is C20H29BrN2O. The molecule has 4 atom stereocenters. The Hall–Kier alpha value is -0.870. The van der Waals surface area contributed by atoms with Crippen LogP contribution >= 0.6 is 15.9 Å². The average Bonchev–Trinajstić information content (AvgIpc) is 2.81. The molecule has 1 saturated heterocycles. The molecular weight excluding hydrogens is 364 g/mol. The van der Waals surface area contributed by atoms with Crippen LogP contribution in [0.25, 0.3) is 0 Å². The number of piperidine rings is 1. The summed E-state index contributed by atoms with van der Waals surface area (Å²) in [5.41, 5.74) is 2.95. The number of likely N-dealkylation sites (tertiary alicyclic amines) is 1. The van der Waals surface area contributed by atoms with E-state index in [1.807, 2.05) is 4.90 Å². The second-order valence-corrected chi connectivity index (χ2v) is 8.84. The zero-order valence-electron chi connectivity index (χ0n) is 15.4. The Morgan fingerprint density at radius 1 is 1.29 bits per heavy atom. The molecule has 0 bridgehead atoms. The van der Waals surface area contributed by atoms with Crippen LogP contribution in [0.4, 0.5) is 0 Å². The van der Waals surface area contributed by atoms with Crippen molar-refractivity contribution < 1.29 is 4.79 Å². The minimum Gasteiger partial charge on any atom is -0.343 e. The van der Waals surface area contributed by atoms with Gasteiger partial charge in [-0.1, -0.05) is 54.0 Å². The molecule has 1 aliphatic heterocycles. The van der Waals surface area contributed by atoms with Gasteiger partial charge in [0.05, 0.1) is 5.92 Å². The third kappa shape index (κ3) is 2.53. The normalized spacial score (nSPS) is 31.4. The molecule has 0 saturated carbocycles. The Balaban J connectivity index is 2.00. The maximum absolute atomic E-state index is 13.0. The van der Waals surface area contributed by atoms with Gasteiger partial charge < -0.3 is 9.80 Å². The molecule has 132 valence electrons. The van der Waals surface area contributed by atoms with E-state index in [1.165, 1.54) is 11.1 Å². The van der Waals surface area contributed by atoms with E-state index in [-0.39, 0.29) is 22.1 Å². The zero-order chi connectivity index (χ0) is 17.6. The second-order valence-electron chi connectivity index (χ2n) is 7.78. The predicted octanol–water partition coefficient (Wildman–Crippen LogP) is 3.62. The molecule has 4 unspecified atom stereocenters. The maximum atomic E-state index is 13.0. The first kappa shape index (κ1) is 17.9. The van der Waals surface area contributed by atoms with E-state index in [1.54, 1.807) is 0 Å². The van der Waals surface area contributed by atoms with E-state index in [2.05, 4.69) is 79.8 Å². The van der Waals surface area contributed by atoms with Gasteiger partial charge >= 0.3 is 0 Å². The molecule has 1 aromatic carbocycles. The van der Waals surface area contributed by atoms with Gasteiger partial charge in [-0.3, -0.25) is 4.79 Å². The molecule has 1 aliphatic carbocycles. The Kier molecular flexibility index (Phi) is 4.82. The van der Waals surface area contributed by atoms with E-state index in [0.717, 1.165) is 19.6 Å². The SMILES string of the molecule is CCN(CC)C(=O)C1CN(C)C2C(c3ccccc3C2(C)C)C1Br. The van der Waals surface area contributed by atoms with Crippen LogP contribution in [0.1, 0.15) is 44.7 Å². The number of carbonyl (C=O) groups is 1. The van der Waals surface area contributed by atoms with Gasteiger partial charge in [-0.15, -0.1) is 0 Å². The molecule has 24 heavy (non-hydrogen) atoms. The van der Waals surface area contributed by atoms with Gasteiger partial charge in [0.15, 0.2) is 0 Å². The quantitative estimate of drug-likeness (QED) is 0.733. The van der Waals surface area contributed by atoms with Crippen molar-refractivity contribution in [3.05, 3.63) is 35.4 Å². The molecule has 3 nitrogen and oxygen atoms in total. The van der Waals surface area contributed by atoms with Crippen LogP contribution in [-0.4, -0.2) is 53.3 Å². The van der Waals surface area contributed by atoms with E-state index < -0.39 is 0 Å². The fraction of sp³-hybridized carbons (Fsp3) is 0.650. The summed E-state index contributed by atoms with van der Waals surface area (Å²) < 4.78 is 0. The third-order valence-electron chi connectivity index (χ3n) is 6.17. The Morgan fingerprint density at radius 2 is 1.92 bits per heavy atom. The lowest BCUT2D eigenvalue weighted by Crippen LogP contribution is -2.58. The van der Waals surface area contributed by atoms with Crippen LogP contribution in [0.3, 0.4) is 0 Å². The predicted molar refractivity (Wildman–Crippen MR) is 103 cm³/mol. The Labute approximate surface area is 154 Å². The maximum Gasteiger partial charge on any atom is 0.228 e. The highest BCUT2D eigenvalue weighted by molar-refractivity contribution is 9.09. The lowest BCUT2D eigenvalue weighted by molar-refractivity contribution is -0.137. The Morgan fingerprint density at radius 3 is 2.54 bits per heavy atom. The number of alkyl halides is 1. The summed E-state index contributed by atoms with van der Waals surface area (Å²) in [5.74, 6) is 0.659. The third-order valence-corrected chi connectivity index (χ3v) is 7.38. The van der Waals surface area contributed by atoms with Crippen molar-refractivity contribution in [1.82, 2.24) is 9.80 Å². The number of nitrogens with zero attached hydrogens (tertiary/aromatic N) is 2. The summed E-state index contributed by atoms with van der Waals surface area (Å²) in [4.78, 5) is 17.6. The van der Waals surface area contributed by atoms with Crippen molar-refractivity contribution in [2.45, 2.75) is 49.9 Å². The van der Waals surface area contributed by atoms with Crippen LogP contribution in [0.2, 0.25) is 0 Å². The first-order valence-electron chi connectivity index (χ1n) is 9.07. The molecule has 0 aromatic heterocycles. The highest BCUT2D eigenvalue weighted by Gasteiger charge is 2.55. The minimum absolute atomic E-state index is 0.0121. The first-order chi connectivity index (χ1) is 11.3. The highest BCUT2D eigenvalue weighted by Crippen LogP contribution is 2.54. The summed E-state index contributed by atoms with van der Waals surface area (Å²) in [6.07, 6.45) is 0. The molecule has 0 radical (unpaired) electrons. The highest BCUT2D eigenvalue weighted by atomic mass is 79.9. The van der Waals surface area contributed by atoms with Crippen LogP contribution in [0, 0.1) is 5.92 Å². The molecule has 4 heteroatoms. The van der Waals surface area contributed by atoms with Crippen LogP contribution in [0.15, 0.2) is 24.3 Å². The van der Waals surface area contributed by atoms with E-state index in [0.29, 0.717) is 12.0 Å². The number of rotatable bonds is 3. The number of hydrogen-bond acceptors (Lipinski definition) is 2. The van der Waals surface area contributed by atoms with Crippen molar-refractivity contribution in [1.29, 1.82) is 0 Å². The van der Waals surface area contributed by atoms with Crippen LogP contribution < -0.4 is 0 Å². The molecule has 2 aliphatic rings. The number of halogens is 1. The van der Waals surface area contributed by atoms with Crippen molar-refractivity contribution in [2.75, 3.05) is 26.7 Å². The lowest BCUT2D eigenvalue weighted by atomic mass is 9.75. The molecule has 0 spiro atoms.